The van der Waals surface area contributed by atoms with E-state index in [2.05, 4.69) is 11.7 Å². The summed E-state index contributed by atoms with van der Waals surface area (Å²) in [4.78, 5) is 0. The predicted molar refractivity (Wildman–Crippen MR) is 76.5 cm³/mol. The first-order valence-corrected chi connectivity index (χ1v) is 7.43. The zero-order chi connectivity index (χ0) is 13.2. The second-order valence-corrected chi connectivity index (χ2v) is 4.48. The molecule has 0 radical (unpaired) electrons. The van der Waals surface area contributed by atoms with Crippen LogP contribution in [-0.4, -0.2) is 25.4 Å². The predicted octanol–water partition coefficient (Wildman–Crippen LogP) is 4.55. The summed E-state index contributed by atoms with van der Waals surface area (Å²) in [7, 11) is 1.68. The molecule has 0 saturated carbocycles. The topological polar surface area (TPSA) is 29.5 Å². The minimum atomic E-state index is 0.372. The van der Waals surface area contributed by atoms with Gasteiger partial charge in [0, 0.05) is 20.3 Å². The Kier molecular flexibility index (Phi) is 24.1. The van der Waals surface area contributed by atoms with Crippen LogP contribution < -0.4 is 0 Å². The van der Waals surface area contributed by atoms with Gasteiger partial charge in [-0.1, -0.05) is 64.7 Å². The van der Waals surface area contributed by atoms with Crippen molar-refractivity contribution >= 4 is 0 Å². The highest BCUT2D eigenvalue weighted by Crippen LogP contribution is 2.09. The number of hydrogen-bond donors (Lipinski definition) is 1. The van der Waals surface area contributed by atoms with E-state index in [-0.39, 0.29) is 0 Å². The van der Waals surface area contributed by atoms with E-state index in [1.54, 1.807) is 7.11 Å². The number of aliphatic hydroxyl groups is 1. The van der Waals surface area contributed by atoms with Crippen LogP contribution in [0.15, 0.2) is 0 Å². The van der Waals surface area contributed by atoms with Gasteiger partial charge in [-0.15, -0.1) is 0 Å². The third-order valence-corrected chi connectivity index (χ3v) is 2.80. The van der Waals surface area contributed by atoms with Crippen LogP contribution in [0.3, 0.4) is 0 Å². The maximum absolute atomic E-state index is 8.57. The highest BCUT2D eigenvalue weighted by molar-refractivity contribution is 4.46. The van der Waals surface area contributed by atoms with E-state index in [1.165, 1.54) is 57.8 Å². The van der Waals surface area contributed by atoms with E-state index in [1.807, 2.05) is 6.92 Å². The lowest BCUT2D eigenvalue weighted by atomic mass is 10.1. The number of methoxy groups -OCH3 is 1. The van der Waals surface area contributed by atoms with E-state index in [9.17, 15) is 0 Å². The van der Waals surface area contributed by atoms with E-state index in [0.29, 0.717) is 6.61 Å². The lowest BCUT2D eigenvalue weighted by Gasteiger charge is -2.00. The third kappa shape index (κ3) is 25.9. The fourth-order valence-electron chi connectivity index (χ4n) is 1.60. The summed E-state index contributed by atoms with van der Waals surface area (Å²) in [6.45, 7) is 5.41. The number of rotatable bonds is 11. The fraction of sp³-hybridized carbons (Fsp3) is 1.00. The molecule has 2 heteroatoms. The summed E-state index contributed by atoms with van der Waals surface area (Å²) >= 11 is 0. The van der Waals surface area contributed by atoms with Crippen LogP contribution in [0.1, 0.15) is 78.1 Å². The van der Waals surface area contributed by atoms with Crippen molar-refractivity contribution in [1.82, 2.24) is 0 Å². The quantitative estimate of drug-likeness (QED) is 0.542. The molecule has 0 bridgehead atoms. The molecule has 0 aromatic rings. The van der Waals surface area contributed by atoms with Crippen LogP contribution in [0.5, 0.6) is 0 Å². The Bertz CT molecular complexity index is 93.1. The molecular formula is C15H34O2. The lowest BCUT2D eigenvalue weighted by Crippen LogP contribution is -1.84. The summed E-state index contributed by atoms with van der Waals surface area (Å²) in [5.41, 5.74) is 0. The summed E-state index contributed by atoms with van der Waals surface area (Å²) in [6.07, 6.45) is 13.3. The Morgan fingerprint density at radius 1 is 0.706 bits per heavy atom. The molecule has 106 valence electrons. The van der Waals surface area contributed by atoms with Gasteiger partial charge in [0.15, 0.2) is 0 Å². The molecule has 1 N–H and O–H groups in total. The normalized spacial score (nSPS) is 9.88. The Morgan fingerprint density at radius 2 is 1.06 bits per heavy atom. The van der Waals surface area contributed by atoms with E-state index < -0.39 is 0 Å². The van der Waals surface area contributed by atoms with Crippen molar-refractivity contribution in [2.45, 2.75) is 78.1 Å². The van der Waals surface area contributed by atoms with Crippen molar-refractivity contribution < 1.29 is 9.84 Å². The molecule has 0 unspecified atom stereocenters. The first kappa shape index (κ1) is 19.3. The van der Waals surface area contributed by atoms with Crippen molar-refractivity contribution in [3.8, 4) is 0 Å². The SMILES string of the molecule is CCCCCCCCCCCCO.CCOC. The summed E-state index contributed by atoms with van der Waals surface area (Å²) < 4.78 is 4.54. The first-order valence-electron chi connectivity index (χ1n) is 7.43. The van der Waals surface area contributed by atoms with Crippen molar-refractivity contribution in [2.24, 2.45) is 0 Å². The molecular weight excluding hydrogens is 212 g/mol. The second-order valence-electron chi connectivity index (χ2n) is 4.48. The van der Waals surface area contributed by atoms with Gasteiger partial charge >= 0.3 is 0 Å². The molecule has 2 nitrogen and oxygen atoms in total. The number of aliphatic hydroxyl groups excluding tert-OH is 1. The van der Waals surface area contributed by atoms with E-state index >= 15 is 0 Å². The first-order chi connectivity index (χ1) is 8.33. The molecule has 0 saturated heterocycles. The van der Waals surface area contributed by atoms with Gasteiger partial charge in [0.1, 0.15) is 0 Å². The van der Waals surface area contributed by atoms with Gasteiger partial charge in [0.25, 0.3) is 0 Å². The van der Waals surface area contributed by atoms with Crippen LogP contribution in [-0.2, 0) is 4.74 Å². The van der Waals surface area contributed by atoms with Crippen molar-refractivity contribution in [2.75, 3.05) is 20.3 Å². The van der Waals surface area contributed by atoms with Crippen LogP contribution >= 0.6 is 0 Å². The van der Waals surface area contributed by atoms with Gasteiger partial charge in [0.05, 0.1) is 0 Å². The van der Waals surface area contributed by atoms with Crippen molar-refractivity contribution in [1.29, 1.82) is 0 Å². The van der Waals surface area contributed by atoms with Crippen LogP contribution in [0.2, 0.25) is 0 Å². The fourth-order valence-corrected chi connectivity index (χ4v) is 1.60. The maximum Gasteiger partial charge on any atom is 0.0433 e. The Hall–Kier alpha value is -0.0800. The molecule has 0 amide bonds. The van der Waals surface area contributed by atoms with Crippen LogP contribution in [0, 0.1) is 0 Å². The molecule has 0 heterocycles. The smallest absolute Gasteiger partial charge is 0.0433 e. The summed E-state index contributed by atoms with van der Waals surface area (Å²) in [5.74, 6) is 0. The van der Waals surface area contributed by atoms with Gasteiger partial charge in [0.2, 0.25) is 0 Å². The number of hydrogen-bond acceptors (Lipinski definition) is 2. The van der Waals surface area contributed by atoms with Crippen LogP contribution in [0.4, 0.5) is 0 Å². The lowest BCUT2D eigenvalue weighted by molar-refractivity contribution is 0.215. The number of unbranched alkanes of at least 4 members (excludes halogenated alkanes) is 9. The number of ether oxygens (including phenoxy) is 1. The molecule has 0 aromatic heterocycles. The molecule has 0 aliphatic rings. The third-order valence-electron chi connectivity index (χ3n) is 2.80. The molecule has 0 aliphatic heterocycles. The summed E-state index contributed by atoms with van der Waals surface area (Å²) in [5, 5.41) is 8.57. The molecule has 0 spiro atoms. The largest absolute Gasteiger partial charge is 0.396 e. The zero-order valence-corrected chi connectivity index (χ0v) is 12.3. The minimum absolute atomic E-state index is 0.372. The zero-order valence-electron chi connectivity index (χ0n) is 12.3. The van der Waals surface area contributed by atoms with E-state index in [4.69, 9.17) is 5.11 Å². The monoisotopic (exact) mass is 246 g/mol. The van der Waals surface area contributed by atoms with Gasteiger partial charge in [-0.2, -0.15) is 0 Å². The highest BCUT2D eigenvalue weighted by Gasteiger charge is 1.91. The Morgan fingerprint density at radius 3 is 1.35 bits per heavy atom. The van der Waals surface area contributed by atoms with Gasteiger partial charge < -0.3 is 9.84 Å². The van der Waals surface area contributed by atoms with Gasteiger partial charge in [-0.3, -0.25) is 0 Å². The average molecular weight is 246 g/mol. The van der Waals surface area contributed by atoms with E-state index in [0.717, 1.165) is 13.0 Å². The summed E-state index contributed by atoms with van der Waals surface area (Å²) in [6, 6.07) is 0. The molecule has 17 heavy (non-hydrogen) atoms. The van der Waals surface area contributed by atoms with Crippen LogP contribution in [0.25, 0.3) is 0 Å². The van der Waals surface area contributed by atoms with Gasteiger partial charge in [-0.25, -0.2) is 0 Å². The Labute approximate surface area is 109 Å². The van der Waals surface area contributed by atoms with Crippen molar-refractivity contribution in [3.63, 3.8) is 0 Å². The standard InChI is InChI=1S/C12H26O.C3H8O/c1-2-3-4-5-6-7-8-9-10-11-12-13;1-3-4-2/h13H,2-12H2,1H3;3H2,1-2H3. The molecule has 0 atom stereocenters. The average Bonchev–Trinajstić information content (AvgIpc) is 2.37. The second kappa shape index (κ2) is 21.2. The molecule has 0 aliphatic carbocycles. The highest BCUT2D eigenvalue weighted by atomic mass is 16.5. The maximum atomic E-state index is 8.57. The molecule has 0 aromatic carbocycles. The minimum Gasteiger partial charge on any atom is -0.396 e. The van der Waals surface area contributed by atoms with Gasteiger partial charge in [-0.05, 0) is 13.3 Å². The molecule has 0 rings (SSSR count). The Balaban J connectivity index is 0. The molecule has 0 fully saturated rings. The van der Waals surface area contributed by atoms with Crippen molar-refractivity contribution in [3.05, 3.63) is 0 Å².